The SMILES string of the molecule is CCCC(N)c1nc(C(=O)N(C)C2CCN(C)CC2)cs1. The number of likely N-dealkylation sites (tertiary alicyclic amines) is 1. The number of rotatable bonds is 5. The van der Waals surface area contributed by atoms with E-state index in [1.54, 1.807) is 0 Å². The molecule has 0 bridgehead atoms. The van der Waals surface area contributed by atoms with E-state index in [-0.39, 0.29) is 11.9 Å². The van der Waals surface area contributed by atoms with Crippen molar-refractivity contribution in [2.45, 2.75) is 44.7 Å². The molecule has 0 aliphatic carbocycles. The number of piperidine rings is 1. The lowest BCUT2D eigenvalue weighted by Gasteiger charge is -2.34. The van der Waals surface area contributed by atoms with Crippen molar-refractivity contribution in [1.82, 2.24) is 14.8 Å². The molecule has 2 rings (SSSR count). The van der Waals surface area contributed by atoms with Crippen molar-refractivity contribution in [3.05, 3.63) is 16.1 Å². The number of hydrogen-bond acceptors (Lipinski definition) is 5. The van der Waals surface area contributed by atoms with Gasteiger partial charge in [0.05, 0.1) is 6.04 Å². The molecule has 2 N–H and O–H groups in total. The van der Waals surface area contributed by atoms with Crippen LogP contribution in [0.4, 0.5) is 0 Å². The summed E-state index contributed by atoms with van der Waals surface area (Å²) in [6.07, 6.45) is 4.00. The van der Waals surface area contributed by atoms with Crippen molar-refractivity contribution in [2.75, 3.05) is 27.2 Å². The number of carbonyl (C=O) groups excluding carboxylic acids is 1. The summed E-state index contributed by atoms with van der Waals surface area (Å²) in [4.78, 5) is 21.1. The zero-order valence-corrected chi connectivity index (χ0v) is 14.0. The normalized spacial score (nSPS) is 18.7. The lowest BCUT2D eigenvalue weighted by atomic mass is 10.0. The van der Waals surface area contributed by atoms with E-state index in [0.717, 1.165) is 43.8 Å². The van der Waals surface area contributed by atoms with Gasteiger partial charge in [0.2, 0.25) is 0 Å². The highest BCUT2D eigenvalue weighted by molar-refractivity contribution is 7.09. The van der Waals surface area contributed by atoms with Gasteiger partial charge in [0.1, 0.15) is 10.7 Å². The number of nitrogens with two attached hydrogens (primary N) is 1. The molecule has 1 fully saturated rings. The Morgan fingerprint density at radius 1 is 1.57 bits per heavy atom. The highest BCUT2D eigenvalue weighted by Gasteiger charge is 2.26. The van der Waals surface area contributed by atoms with Gasteiger partial charge in [0, 0.05) is 18.5 Å². The van der Waals surface area contributed by atoms with Crippen LogP contribution in [0.2, 0.25) is 0 Å². The van der Waals surface area contributed by atoms with Gasteiger partial charge in [-0.3, -0.25) is 4.79 Å². The molecule has 1 saturated heterocycles. The van der Waals surface area contributed by atoms with Gasteiger partial charge >= 0.3 is 0 Å². The van der Waals surface area contributed by atoms with E-state index in [1.807, 2.05) is 17.3 Å². The summed E-state index contributed by atoms with van der Waals surface area (Å²) in [6, 6.07) is 0.276. The fourth-order valence-electron chi connectivity index (χ4n) is 2.72. The van der Waals surface area contributed by atoms with Crippen LogP contribution in [0, 0.1) is 0 Å². The minimum atomic E-state index is -0.0461. The number of amides is 1. The minimum absolute atomic E-state index is 0.0238. The summed E-state index contributed by atoms with van der Waals surface area (Å²) in [5.74, 6) is 0.0238. The highest BCUT2D eigenvalue weighted by atomic mass is 32.1. The maximum Gasteiger partial charge on any atom is 0.273 e. The van der Waals surface area contributed by atoms with E-state index < -0.39 is 0 Å². The van der Waals surface area contributed by atoms with Crippen LogP contribution in [0.15, 0.2) is 5.38 Å². The number of hydrogen-bond donors (Lipinski definition) is 1. The Bertz CT molecular complexity index is 468. The first-order valence-corrected chi connectivity index (χ1v) is 8.57. The maximum absolute atomic E-state index is 12.5. The zero-order chi connectivity index (χ0) is 15.4. The Balaban J connectivity index is 1.99. The van der Waals surface area contributed by atoms with Gasteiger partial charge in [-0.25, -0.2) is 4.98 Å². The van der Waals surface area contributed by atoms with Crippen molar-refractivity contribution < 1.29 is 4.79 Å². The summed E-state index contributed by atoms with van der Waals surface area (Å²) in [5.41, 5.74) is 6.62. The Kier molecular flexibility index (Phi) is 5.72. The Morgan fingerprint density at radius 2 is 2.24 bits per heavy atom. The van der Waals surface area contributed by atoms with Crippen molar-refractivity contribution in [3.63, 3.8) is 0 Å². The molecule has 0 saturated carbocycles. The Hall–Kier alpha value is -0.980. The molecule has 1 aliphatic rings. The molecule has 0 radical (unpaired) electrons. The lowest BCUT2D eigenvalue weighted by molar-refractivity contribution is 0.0654. The summed E-state index contributed by atoms with van der Waals surface area (Å²) in [5, 5.41) is 2.72. The highest BCUT2D eigenvalue weighted by Crippen LogP contribution is 2.22. The van der Waals surface area contributed by atoms with Crippen LogP contribution >= 0.6 is 11.3 Å². The zero-order valence-electron chi connectivity index (χ0n) is 13.2. The van der Waals surface area contributed by atoms with Gasteiger partial charge in [-0.05, 0) is 39.4 Å². The second-order valence-corrected chi connectivity index (χ2v) is 6.81. The quantitative estimate of drug-likeness (QED) is 0.905. The molecule has 1 aromatic heterocycles. The van der Waals surface area contributed by atoms with Gasteiger partial charge < -0.3 is 15.5 Å². The van der Waals surface area contributed by atoms with Crippen molar-refractivity contribution in [1.29, 1.82) is 0 Å². The van der Waals surface area contributed by atoms with Crippen LogP contribution in [0.3, 0.4) is 0 Å². The van der Waals surface area contributed by atoms with E-state index in [4.69, 9.17) is 5.73 Å². The van der Waals surface area contributed by atoms with Gasteiger partial charge in [0.25, 0.3) is 5.91 Å². The molecule has 1 unspecified atom stereocenters. The lowest BCUT2D eigenvalue weighted by Crippen LogP contribution is -2.44. The van der Waals surface area contributed by atoms with Gasteiger partial charge in [0.15, 0.2) is 0 Å². The molecular formula is C15H26N4OS. The third-order valence-corrected chi connectivity index (χ3v) is 5.19. The smallest absolute Gasteiger partial charge is 0.273 e. The van der Waals surface area contributed by atoms with Crippen LogP contribution in [0.1, 0.15) is 54.1 Å². The largest absolute Gasteiger partial charge is 0.337 e. The van der Waals surface area contributed by atoms with E-state index >= 15 is 0 Å². The third-order valence-electron chi connectivity index (χ3n) is 4.21. The van der Waals surface area contributed by atoms with Crippen molar-refractivity contribution in [2.24, 2.45) is 5.73 Å². The van der Waals surface area contributed by atoms with Crippen molar-refractivity contribution >= 4 is 17.2 Å². The summed E-state index contributed by atoms with van der Waals surface area (Å²) in [7, 11) is 4.02. The molecule has 5 nitrogen and oxygen atoms in total. The van der Waals surface area contributed by atoms with Crippen molar-refractivity contribution in [3.8, 4) is 0 Å². The number of nitrogens with zero attached hydrogens (tertiary/aromatic N) is 3. The molecule has 1 aliphatic heterocycles. The molecule has 0 aromatic carbocycles. The molecular weight excluding hydrogens is 284 g/mol. The molecule has 2 heterocycles. The summed E-state index contributed by atoms with van der Waals surface area (Å²) < 4.78 is 0. The van der Waals surface area contributed by atoms with Crippen LogP contribution in [-0.2, 0) is 0 Å². The molecule has 118 valence electrons. The first kappa shape index (κ1) is 16.4. The monoisotopic (exact) mass is 310 g/mol. The van der Waals surface area contributed by atoms with E-state index in [2.05, 4.69) is 23.9 Å². The second-order valence-electron chi connectivity index (χ2n) is 5.92. The standard InChI is InChI=1S/C15H26N4OS/c1-4-5-12(16)14-17-13(10-21-14)15(20)19(3)11-6-8-18(2)9-7-11/h10-12H,4-9,16H2,1-3H3. The molecule has 0 spiro atoms. The predicted molar refractivity (Wildman–Crippen MR) is 86.6 cm³/mol. The first-order chi connectivity index (χ1) is 10.0. The third kappa shape index (κ3) is 4.02. The summed E-state index contributed by atoms with van der Waals surface area (Å²) >= 11 is 1.50. The average Bonchev–Trinajstić information content (AvgIpc) is 2.96. The van der Waals surface area contributed by atoms with Gasteiger partial charge in [-0.1, -0.05) is 13.3 Å². The maximum atomic E-state index is 12.5. The molecule has 1 amide bonds. The molecule has 21 heavy (non-hydrogen) atoms. The van der Waals surface area contributed by atoms with Crippen LogP contribution in [0.5, 0.6) is 0 Å². The summed E-state index contributed by atoms with van der Waals surface area (Å²) in [6.45, 7) is 4.20. The minimum Gasteiger partial charge on any atom is -0.337 e. The van der Waals surface area contributed by atoms with E-state index in [1.165, 1.54) is 11.3 Å². The fourth-order valence-corrected chi connectivity index (χ4v) is 3.55. The molecule has 6 heteroatoms. The first-order valence-electron chi connectivity index (χ1n) is 7.69. The number of carbonyl (C=O) groups is 1. The van der Waals surface area contributed by atoms with E-state index in [9.17, 15) is 4.79 Å². The van der Waals surface area contributed by atoms with Gasteiger partial charge in [-0.15, -0.1) is 11.3 Å². The molecule has 1 aromatic rings. The fraction of sp³-hybridized carbons (Fsp3) is 0.733. The van der Waals surface area contributed by atoms with E-state index in [0.29, 0.717) is 11.7 Å². The number of aromatic nitrogens is 1. The second kappa shape index (κ2) is 7.33. The van der Waals surface area contributed by atoms with Crippen LogP contribution in [-0.4, -0.2) is 53.9 Å². The number of thiazole rings is 1. The molecule has 1 atom stereocenters. The van der Waals surface area contributed by atoms with Crippen LogP contribution in [0.25, 0.3) is 0 Å². The van der Waals surface area contributed by atoms with Gasteiger partial charge in [-0.2, -0.15) is 0 Å². The topological polar surface area (TPSA) is 62.5 Å². The Morgan fingerprint density at radius 3 is 2.86 bits per heavy atom. The Labute approximate surface area is 131 Å². The average molecular weight is 310 g/mol. The predicted octanol–water partition coefficient (Wildman–Crippen LogP) is 2.11. The van der Waals surface area contributed by atoms with Crippen LogP contribution < -0.4 is 5.73 Å².